The van der Waals surface area contributed by atoms with Crippen molar-refractivity contribution in [2.75, 3.05) is 19.7 Å². The van der Waals surface area contributed by atoms with Crippen LogP contribution in [0.2, 0.25) is 0 Å². The molecule has 0 aliphatic carbocycles. The molecule has 4 heteroatoms. The molecule has 2 N–H and O–H groups in total. The van der Waals surface area contributed by atoms with Crippen molar-refractivity contribution in [3.63, 3.8) is 0 Å². The van der Waals surface area contributed by atoms with Crippen molar-refractivity contribution in [2.24, 2.45) is 5.73 Å². The molecule has 1 amide bonds. The normalized spacial score (nSPS) is 23.2. The first kappa shape index (κ1) is 16.0. The maximum atomic E-state index is 12.7. The third-order valence-corrected chi connectivity index (χ3v) is 4.03. The number of carbonyl (C=O) groups excluding carboxylic acids is 1. The fourth-order valence-corrected chi connectivity index (χ4v) is 2.52. The molecule has 0 radical (unpaired) electrons. The number of rotatable bonds is 2. The first-order valence-corrected chi connectivity index (χ1v) is 7.56. The standard InChI is InChI=1S/C17H26N2O2/c1-12-11-21-15(9-18)10-19(12)16(20)13-5-7-14(8-6-13)17(2,3)4/h5-8,12,15H,9-11,18H2,1-4H3. The number of nitrogens with two attached hydrogens (primary N) is 1. The van der Waals surface area contributed by atoms with Crippen LogP contribution in [0.15, 0.2) is 24.3 Å². The lowest BCUT2D eigenvalue weighted by atomic mass is 9.86. The van der Waals surface area contributed by atoms with Crippen molar-refractivity contribution < 1.29 is 9.53 Å². The molecule has 2 atom stereocenters. The van der Waals surface area contributed by atoms with Gasteiger partial charge in [-0.3, -0.25) is 4.79 Å². The number of hydrogen-bond donors (Lipinski definition) is 1. The Hall–Kier alpha value is -1.39. The molecule has 1 aromatic rings. The van der Waals surface area contributed by atoms with Gasteiger partial charge in [0.1, 0.15) is 0 Å². The molecule has 1 aromatic carbocycles. The largest absolute Gasteiger partial charge is 0.373 e. The fraction of sp³-hybridized carbons (Fsp3) is 0.588. The Bertz CT molecular complexity index is 491. The van der Waals surface area contributed by atoms with Gasteiger partial charge in [0.15, 0.2) is 0 Å². The molecule has 1 saturated heterocycles. The summed E-state index contributed by atoms with van der Waals surface area (Å²) in [5, 5.41) is 0. The van der Waals surface area contributed by atoms with Crippen LogP contribution < -0.4 is 5.73 Å². The van der Waals surface area contributed by atoms with Gasteiger partial charge in [0.2, 0.25) is 0 Å². The SMILES string of the molecule is CC1COC(CN)CN1C(=O)c1ccc(C(C)(C)C)cc1. The van der Waals surface area contributed by atoms with Crippen LogP contribution in [0.4, 0.5) is 0 Å². The molecule has 4 nitrogen and oxygen atoms in total. The van der Waals surface area contributed by atoms with Gasteiger partial charge in [0, 0.05) is 18.7 Å². The average molecular weight is 290 g/mol. The number of morpholine rings is 1. The molecule has 0 bridgehead atoms. The van der Waals surface area contributed by atoms with Crippen LogP contribution in [0.25, 0.3) is 0 Å². The van der Waals surface area contributed by atoms with E-state index in [1.807, 2.05) is 36.1 Å². The first-order chi connectivity index (χ1) is 9.82. The van der Waals surface area contributed by atoms with Gasteiger partial charge in [-0.25, -0.2) is 0 Å². The van der Waals surface area contributed by atoms with Gasteiger partial charge in [0.25, 0.3) is 5.91 Å². The number of hydrogen-bond acceptors (Lipinski definition) is 3. The molecule has 1 fully saturated rings. The quantitative estimate of drug-likeness (QED) is 0.908. The molecular weight excluding hydrogens is 264 g/mol. The van der Waals surface area contributed by atoms with Crippen molar-refractivity contribution in [3.8, 4) is 0 Å². The second-order valence-corrected chi connectivity index (χ2v) is 6.82. The van der Waals surface area contributed by atoms with E-state index in [9.17, 15) is 4.79 Å². The molecule has 1 aliphatic rings. The fourth-order valence-electron chi connectivity index (χ4n) is 2.52. The Morgan fingerprint density at radius 1 is 1.33 bits per heavy atom. The third-order valence-electron chi connectivity index (χ3n) is 4.03. The predicted molar refractivity (Wildman–Crippen MR) is 84.4 cm³/mol. The summed E-state index contributed by atoms with van der Waals surface area (Å²) in [6.07, 6.45) is -0.0565. The monoisotopic (exact) mass is 290 g/mol. The van der Waals surface area contributed by atoms with Crippen LogP contribution in [-0.2, 0) is 10.2 Å². The van der Waals surface area contributed by atoms with E-state index in [-0.39, 0.29) is 23.5 Å². The number of benzene rings is 1. The zero-order valence-corrected chi connectivity index (χ0v) is 13.4. The Labute approximate surface area is 127 Å². The Kier molecular flexibility index (Phi) is 4.69. The third kappa shape index (κ3) is 3.63. The topological polar surface area (TPSA) is 55.6 Å². The van der Waals surface area contributed by atoms with Crippen LogP contribution in [0.3, 0.4) is 0 Å². The maximum Gasteiger partial charge on any atom is 0.254 e. The smallest absolute Gasteiger partial charge is 0.254 e. The molecule has 1 heterocycles. The number of carbonyl (C=O) groups is 1. The number of ether oxygens (including phenoxy) is 1. The van der Waals surface area contributed by atoms with E-state index in [1.165, 1.54) is 5.56 Å². The minimum absolute atomic E-state index is 0.0565. The van der Waals surface area contributed by atoms with E-state index in [0.29, 0.717) is 19.7 Å². The van der Waals surface area contributed by atoms with E-state index in [2.05, 4.69) is 20.8 Å². The highest BCUT2D eigenvalue weighted by molar-refractivity contribution is 5.94. The van der Waals surface area contributed by atoms with Crippen LogP contribution >= 0.6 is 0 Å². The van der Waals surface area contributed by atoms with E-state index >= 15 is 0 Å². The summed E-state index contributed by atoms with van der Waals surface area (Å²) in [4.78, 5) is 14.5. The van der Waals surface area contributed by atoms with Crippen LogP contribution in [-0.4, -0.2) is 42.6 Å². The lowest BCUT2D eigenvalue weighted by Crippen LogP contribution is -2.52. The van der Waals surface area contributed by atoms with Crippen molar-refractivity contribution in [1.82, 2.24) is 4.90 Å². The minimum Gasteiger partial charge on any atom is -0.373 e. The Morgan fingerprint density at radius 3 is 2.48 bits per heavy atom. The average Bonchev–Trinajstić information content (AvgIpc) is 2.46. The van der Waals surface area contributed by atoms with Gasteiger partial charge >= 0.3 is 0 Å². The van der Waals surface area contributed by atoms with E-state index in [4.69, 9.17) is 10.5 Å². The number of amides is 1. The lowest BCUT2D eigenvalue weighted by Gasteiger charge is -2.37. The molecule has 2 rings (SSSR count). The highest BCUT2D eigenvalue weighted by atomic mass is 16.5. The maximum absolute atomic E-state index is 12.7. The Balaban J connectivity index is 2.15. The summed E-state index contributed by atoms with van der Waals surface area (Å²) in [5.41, 5.74) is 7.71. The summed E-state index contributed by atoms with van der Waals surface area (Å²) in [6.45, 7) is 10.1. The van der Waals surface area contributed by atoms with Gasteiger partial charge in [-0.1, -0.05) is 32.9 Å². The molecule has 0 saturated carbocycles. The second kappa shape index (κ2) is 6.16. The zero-order chi connectivity index (χ0) is 15.6. The Morgan fingerprint density at radius 2 is 1.95 bits per heavy atom. The second-order valence-electron chi connectivity index (χ2n) is 6.82. The van der Waals surface area contributed by atoms with Crippen molar-refractivity contribution in [3.05, 3.63) is 35.4 Å². The van der Waals surface area contributed by atoms with Crippen LogP contribution in [0.1, 0.15) is 43.6 Å². The van der Waals surface area contributed by atoms with Gasteiger partial charge in [-0.15, -0.1) is 0 Å². The lowest BCUT2D eigenvalue weighted by molar-refractivity contribution is -0.0426. The minimum atomic E-state index is -0.0565. The van der Waals surface area contributed by atoms with Crippen LogP contribution in [0.5, 0.6) is 0 Å². The zero-order valence-electron chi connectivity index (χ0n) is 13.4. The summed E-state index contributed by atoms with van der Waals surface area (Å²) in [7, 11) is 0. The molecule has 1 aliphatic heterocycles. The first-order valence-electron chi connectivity index (χ1n) is 7.56. The summed E-state index contributed by atoms with van der Waals surface area (Å²) in [6, 6.07) is 8.01. The van der Waals surface area contributed by atoms with Crippen LogP contribution in [0, 0.1) is 0 Å². The van der Waals surface area contributed by atoms with E-state index < -0.39 is 0 Å². The van der Waals surface area contributed by atoms with E-state index in [1.54, 1.807) is 0 Å². The molecule has 116 valence electrons. The molecule has 21 heavy (non-hydrogen) atoms. The number of nitrogens with zero attached hydrogens (tertiary/aromatic N) is 1. The summed E-state index contributed by atoms with van der Waals surface area (Å²) < 4.78 is 5.60. The van der Waals surface area contributed by atoms with Gasteiger partial charge in [-0.2, -0.15) is 0 Å². The predicted octanol–water partition coefficient (Wildman–Crippen LogP) is 2.17. The van der Waals surface area contributed by atoms with Gasteiger partial charge in [-0.05, 0) is 30.0 Å². The van der Waals surface area contributed by atoms with Crippen molar-refractivity contribution >= 4 is 5.91 Å². The molecule has 0 aromatic heterocycles. The summed E-state index contributed by atoms with van der Waals surface area (Å²) in [5.74, 6) is 0.0599. The highest BCUT2D eigenvalue weighted by Gasteiger charge is 2.29. The highest BCUT2D eigenvalue weighted by Crippen LogP contribution is 2.23. The molecule has 0 spiro atoms. The molecular formula is C17H26N2O2. The van der Waals surface area contributed by atoms with Gasteiger partial charge in [0.05, 0.1) is 18.8 Å². The van der Waals surface area contributed by atoms with Crippen molar-refractivity contribution in [2.45, 2.75) is 45.3 Å². The molecule has 2 unspecified atom stereocenters. The summed E-state index contributed by atoms with van der Waals surface area (Å²) >= 11 is 0. The van der Waals surface area contributed by atoms with Crippen molar-refractivity contribution in [1.29, 1.82) is 0 Å². The van der Waals surface area contributed by atoms with E-state index in [0.717, 1.165) is 5.56 Å². The van der Waals surface area contributed by atoms with Gasteiger partial charge < -0.3 is 15.4 Å².